The van der Waals surface area contributed by atoms with Crippen molar-refractivity contribution in [3.63, 3.8) is 0 Å². The molecule has 3 heteroatoms. The average molecular weight is 514 g/mol. The smallest absolute Gasteiger partial charge is 0.114 e. The van der Waals surface area contributed by atoms with Crippen molar-refractivity contribution in [3.05, 3.63) is 139 Å². The Morgan fingerprint density at radius 2 is 1.27 bits per heavy atom. The minimum atomic E-state index is 0.855. The molecule has 0 bridgehead atoms. The summed E-state index contributed by atoms with van der Waals surface area (Å²) in [5.74, 6) is 1.08. The normalized spacial score (nSPS) is 12.2. The van der Waals surface area contributed by atoms with Gasteiger partial charge in [0.15, 0.2) is 0 Å². The summed E-state index contributed by atoms with van der Waals surface area (Å²) in [5.41, 5.74) is 11.7. The van der Waals surface area contributed by atoms with Gasteiger partial charge in [0.1, 0.15) is 5.82 Å². The minimum Gasteiger partial charge on any atom is -0.306 e. The highest BCUT2D eigenvalue weighted by Gasteiger charge is 2.30. The fraction of sp³-hybridized carbons (Fsp3) is 0.0541. The number of hydrogen-bond donors (Lipinski definition) is 0. The second-order valence-electron chi connectivity index (χ2n) is 10.3. The van der Waals surface area contributed by atoms with E-state index in [1.165, 1.54) is 38.7 Å². The van der Waals surface area contributed by atoms with Crippen LogP contribution in [0.1, 0.15) is 12.7 Å². The van der Waals surface area contributed by atoms with E-state index in [-0.39, 0.29) is 0 Å². The molecule has 1 aliphatic heterocycles. The fourth-order valence-corrected chi connectivity index (χ4v) is 6.19. The molecule has 1 aliphatic rings. The van der Waals surface area contributed by atoms with Crippen molar-refractivity contribution < 1.29 is 0 Å². The summed E-state index contributed by atoms with van der Waals surface area (Å²) in [6, 6.07) is 48.0. The van der Waals surface area contributed by atoms with Gasteiger partial charge >= 0.3 is 0 Å². The molecule has 3 nitrogen and oxygen atoms in total. The van der Waals surface area contributed by atoms with Crippen LogP contribution in [0.15, 0.2) is 133 Å². The Morgan fingerprint density at radius 3 is 2.10 bits per heavy atom. The highest BCUT2D eigenvalue weighted by molar-refractivity contribution is 6.04. The van der Waals surface area contributed by atoms with Gasteiger partial charge in [-0.1, -0.05) is 104 Å². The van der Waals surface area contributed by atoms with Crippen LogP contribution in [-0.2, 0) is 6.42 Å². The summed E-state index contributed by atoms with van der Waals surface area (Å²) >= 11 is 0. The lowest BCUT2D eigenvalue weighted by Gasteiger charge is -2.34. The molecule has 190 valence electrons. The number of para-hydroxylation sites is 3. The van der Waals surface area contributed by atoms with E-state index in [4.69, 9.17) is 4.98 Å². The molecule has 6 aromatic carbocycles. The van der Waals surface area contributed by atoms with E-state index in [9.17, 15) is 0 Å². The summed E-state index contributed by atoms with van der Waals surface area (Å²) < 4.78 is 2.39. The lowest BCUT2D eigenvalue weighted by Crippen LogP contribution is -2.19. The third-order valence-electron chi connectivity index (χ3n) is 8.05. The Kier molecular flexibility index (Phi) is 5.11. The van der Waals surface area contributed by atoms with Gasteiger partial charge in [-0.05, 0) is 63.9 Å². The number of imidazole rings is 1. The van der Waals surface area contributed by atoms with E-state index in [0.29, 0.717) is 0 Å². The molecule has 0 spiro atoms. The molecular formula is C37H27N3. The molecule has 40 heavy (non-hydrogen) atoms. The molecule has 0 radical (unpaired) electrons. The Morgan fingerprint density at radius 1 is 0.575 bits per heavy atom. The maximum absolute atomic E-state index is 5.08. The maximum atomic E-state index is 5.08. The Balaban J connectivity index is 1.33. The Hall–Kier alpha value is -5.15. The van der Waals surface area contributed by atoms with Gasteiger partial charge in [-0.25, -0.2) is 4.98 Å². The van der Waals surface area contributed by atoms with E-state index in [1.54, 1.807) is 0 Å². The molecule has 0 saturated carbocycles. The third-order valence-corrected chi connectivity index (χ3v) is 8.05. The zero-order valence-electron chi connectivity index (χ0n) is 22.3. The van der Waals surface area contributed by atoms with Crippen LogP contribution in [0.3, 0.4) is 0 Å². The van der Waals surface area contributed by atoms with Crippen LogP contribution in [-0.4, -0.2) is 9.55 Å². The molecule has 0 atom stereocenters. The first-order valence-corrected chi connectivity index (χ1v) is 13.9. The van der Waals surface area contributed by atoms with Gasteiger partial charge in [0.05, 0.1) is 28.1 Å². The molecular weight excluding hydrogens is 486 g/mol. The zero-order valence-corrected chi connectivity index (χ0v) is 22.3. The standard InChI is InChI=1S/C37H27N3/c1-2-35-38-32-15-9-17-34-37(32)40(35)36-31(14-8-16-33(36)39(34)30-12-4-3-5-13-30)27-21-18-26(19-22-27)29-23-20-25-10-6-7-11-28(25)24-29/h3-24H,2H2,1H3. The largest absolute Gasteiger partial charge is 0.306 e. The number of fused-ring (bicyclic) bond motifs is 3. The number of hydrogen-bond acceptors (Lipinski definition) is 2. The highest BCUT2D eigenvalue weighted by Crippen LogP contribution is 2.49. The first-order chi connectivity index (χ1) is 19.8. The quantitative estimate of drug-likeness (QED) is 0.233. The van der Waals surface area contributed by atoms with E-state index in [2.05, 4.69) is 150 Å². The number of benzene rings is 6. The number of anilines is 3. The van der Waals surface area contributed by atoms with Gasteiger partial charge < -0.3 is 4.90 Å². The predicted molar refractivity (Wildman–Crippen MR) is 167 cm³/mol. The van der Waals surface area contributed by atoms with Crippen molar-refractivity contribution >= 4 is 38.9 Å². The van der Waals surface area contributed by atoms with Gasteiger partial charge in [-0.3, -0.25) is 4.57 Å². The van der Waals surface area contributed by atoms with E-state index < -0.39 is 0 Å². The van der Waals surface area contributed by atoms with Gasteiger partial charge in [0.25, 0.3) is 0 Å². The average Bonchev–Trinajstić information content (AvgIpc) is 3.41. The van der Waals surface area contributed by atoms with Crippen LogP contribution >= 0.6 is 0 Å². The molecule has 1 aromatic heterocycles. The van der Waals surface area contributed by atoms with Crippen LogP contribution in [0, 0.1) is 0 Å². The second kappa shape index (κ2) is 8.96. The van der Waals surface area contributed by atoms with E-state index in [0.717, 1.165) is 40.3 Å². The van der Waals surface area contributed by atoms with Gasteiger partial charge in [0, 0.05) is 17.7 Å². The minimum absolute atomic E-state index is 0.855. The summed E-state index contributed by atoms with van der Waals surface area (Å²) in [6.07, 6.45) is 0.855. The molecule has 0 amide bonds. The van der Waals surface area contributed by atoms with Crippen LogP contribution in [0.4, 0.5) is 17.1 Å². The highest BCUT2D eigenvalue weighted by atomic mass is 15.2. The molecule has 0 N–H and O–H groups in total. The number of rotatable bonds is 4. The lowest BCUT2D eigenvalue weighted by atomic mass is 9.96. The Labute approximate surface area is 233 Å². The molecule has 0 fully saturated rings. The maximum Gasteiger partial charge on any atom is 0.114 e. The van der Waals surface area contributed by atoms with E-state index in [1.807, 2.05) is 0 Å². The van der Waals surface area contributed by atoms with Gasteiger partial charge in [0.2, 0.25) is 0 Å². The molecule has 2 heterocycles. The molecule has 0 saturated heterocycles. The van der Waals surface area contributed by atoms with Gasteiger partial charge in [-0.2, -0.15) is 0 Å². The van der Waals surface area contributed by atoms with Crippen molar-refractivity contribution in [2.75, 3.05) is 4.90 Å². The van der Waals surface area contributed by atoms with Crippen molar-refractivity contribution in [2.45, 2.75) is 13.3 Å². The van der Waals surface area contributed by atoms with Gasteiger partial charge in [-0.15, -0.1) is 0 Å². The summed E-state index contributed by atoms with van der Waals surface area (Å²) in [7, 11) is 0. The zero-order chi connectivity index (χ0) is 26.6. The van der Waals surface area contributed by atoms with Crippen LogP contribution in [0.25, 0.3) is 49.7 Å². The first-order valence-electron chi connectivity index (χ1n) is 13.9. The molecule has 8 rings (SSSR count). The second-order valence-corrected chi connectivity index (χ2v) is 10.3. The first kappa shape index (κ1) is 22.8. The number of aryl methyl sites for hydroxylation is 1. The lowest BCUT2D eigenvalue weighted by molar-refractivity contribution is 0.901. The Bertz CT molecular complexity index is 2040. The van der Waals surface area contributed by atoms with Crippen molar-refractivity contribution in [3.8, 4) is 27.9 Å². The number of aromatic nitrogens is 2. The predicted octanol–water partition coefficient (Wildman–Crippen LogP) is 9.86. The fourth-order valence-electron chi connectivity index (χ4n) is 6.19. The SMILES string of the molecule is CCc1nc2cccc3c2n1-c1c(-c2ccc(-c4ccc5ccccc5c4)cc2)cccc1N3c1ccccc1. The van der Waals surface area contributed by atoms with E-state index >= 15 is 0 Å². The summed E-state index contributed by atoms with van der Waals surface area (Å²) in [6.45, 7) is 2.19. The van der Waals surface area contributed by atoms with Crippen molar-refractivity contribution in [1.82, 2.24) is 9.55 Å². The third kappa shape index (κ3) is 3.41. The summed E-state index contributed by atoms with van der Waals surface area (Å²) in [5, 5.41) is 2.53. The number of nitrogens with zero attached hydrogens (tertiary/aromatic N) is 3. The monoisotopic (exact) mass is 513 g/mol. The van der Waals surface area contributed by atoms with Crippen molar-refractivity contribution in [1.29, 1.82) is 0 Å². The van der Waals surface area contributed by atoms with Crippen LogP contribution in [0.5, 0.6) is 0 Å². The molecule has 7 aromatic rings. The topological polar surface area (TPSA) is 21.1 Å². The van der Waals surface area contributed by atoms with Crippen LogP contribution in [0.2, 0.25) is 0 Å². The molecule has 0 unspecified atom stereocenters. The molecule has 0 aliphatic carbocycles. The summed E-state index contributed by atoms with van der Waals surface area (Å²) in [4.78, 5) is 7.46. The van der Waals surface area contributed by atoms with Crippen molar-refractivity contribution in [2.24, 2.45) is 0 Å². The van der Waals surface area contributed by atoms with Crippen LogP contribution < -0.4 is 4.90 Å².